The van der Waals surface area contributed by atoms with Gasteiger partial charge in [-0.15, -0.1) is 0 Å². The third kappa shape index (κ3) is 4.29. The average Bonchev–Trinajstić information content (AvgIpc) is 3.36. The molecular formula is C20H31N3O3S. The van der Waals surface area contributed by atoms with Gasteiger partial charge in [0.15, 0.2) is 0 Å². The van der Waals surface area contributed by atoms with Crippen molar-refractivity contribution < 1.29 is 13.2 Å². The van der Waals surface area contributed by atoms with Gasteiger partial charge in [0.2, 0.25) is 10.0 Å². The molecule has 27 heavy (non-hydrogen) atoms. The fourth-order valence-corrected chi connectivity index (χ4v) is 5.82. The Bertz CT molecular complexity index is 763. The predicted octanol–water partition coefficient (Wildman–Crippen LogP) is 2.99. The topological polar surface area (TPSA) is 69.7 Å². The van der Waals surface area contributed by atoms with Gasteiger partial charge in [-0.1, -0.05) is 26.7 Å². The fraction of sp³-hybridized carbons (Fsp3) is 0.650. The molecule has 1 N–H and O–H groups in total. The minimum atomic E-state index is -3.64. The van der Waals surface area contributed by atoms with Crippen molar-refractivity contribution in [1.29, 1.82) is 0 Å². The first-order valence-corrected chi connectivity index (χ1v) is 11.6. The molecule has 1 saturated carbocycles. The summed E-state index contributed by atoms with van der Waals surface area (Å²) in [5.74, 6) is -0.175. The van der Waals surface area contributed by atoms with Crippen molar-refractivity contribution in [3.63, 3.8) is 0 Å². The first-order valence-electron chi connectivity index (χ1n) is 10.2. The normalized spacial score (nSPS) is 18.4. The molecule has 0 spiro atoms. The lowest BCUT2D eigenvalue weighted by Crippen LogP contribution is -2.34. The van der Waals surface area contributed by atoms with Gasteiger partial charge in [-0.05, 0) is 43.9 Å². The van der Waals surface area contributed by atoms with Gasteiger partial charge in [0.05, 0.1) is 5.69 Å². The van der Waals surface area contributed by atoms with Gasteiger partial charge in [0, 0.05) is 37.8 Å². The Morgan fingerprint density at radius 3 is 2.33 bits per heavy atom. The van der Waals surface area contributed by atoms with E-state index in [1.54, 1.807) is 12.1 Å². The second-order valence-corrected chi connectivity index (χ2v) is 9.33. The molecule has 6 nitrogen and oxygen atoms in total. The highest BCUT2D eigenvalue weighted by Crippen LogP contribution is 2.31. The highest BCUT2D eigenvalue weighted by atomic mass is 32.2. The van der Waals surface area contributed by atoms with Crippen molar-refractivity contribution in [1.82, 2.24) is 9.62 Å². The molecule has 150 valence electrons. The SMILES string of the molecule is CCN(CC)S(=O)(=O)c1cc(C(=O)NC2CCCC2)ccc1N1CCCC1. The van der Waals surface area contributed by atoms with E-state index in [1.807, 2.05) is 19.9 Å². The number of carbonyl (C=O) groups is 1. The van der Waals surface area contributed by atoms with E-state index >= 15 is 0 Å². The Balaban J connectivity index is 1.97. The molecule has 1 saturated heterocycles. The van der Waals surface area contributed by atoms with Crippen molar-refractivity contribution in [2.75, 3.05) is 31.1 Å². The fourth-order valence-electron chi connectivity index (χ4n) is 4.12. The number of nitrogens with zero attached hydrogens (tertiary/aromatic N) is 2. The quantitative estimate of drug-likeness (QED) is 0.773. The van der Waals surface area contributed by atoms with Crippen LogP contribution in [0.15, 0.2) is 23.1 Å². The Morgan fingerprint density at radius 1 is 1.11 bits per heavy atom. The molecule has 1 aromatic rings. The van der Waals surface area contributed by atoms with E-state index < -0.39 is 10.0 Å². The Morgan fingerprint density at radius 2 is 1.74 bits per heavy atom. The summed E-state index contributed by atoms with van der Waals surface area (Å²) in [5, 5.41) is 3.06. The number of amides is 1. The van der Waals surface area contributed by atoms with Gasteiger partial charge in [-0.2, -0.15) is 4.31 Å². The number of hydrogen-bond donors (Lipinski definition) is 1. The molecule has 0 radical (unpaired) electrons. The lowest BCUT2D eigenvalue weighted by Gasteiger charge is -2.25. The lowest BCUT2D eigenvalue weighted by molar-refractivity contribution is 0.0937. The van der Waals surface area contributed by atoms with Crippen LogP contribution in [0.2, 0.25) is 0 Å². The van der Waals surface area contributed by atoms with Crippen molar-refractivity contribution in [3.05, 3.63) is 23.8 Å². The summed E-state index contributed by atoms with van der Waals surface area (Å²) in [7, 11) is -3.64. The first-order chi connectivity index (χ1) is 13.0. The van der Waals surface area contributed by atoms with E-state index in [0.717, 1.165) is 57.3 Å². The highest BCUT2D eigenvalue weighted by molar-refractivity contribution is 7.89. The van der Waals surface area contributed by atoms with Crippen LogP contribution in [0.4, 0.5) is 5.69 Å². The van der Waals surface area contributed by atoms with Crippen molar-refractivity contribution in [2.45, 2.75) is 63.3 Å². The zero-order chi connectivity index (χ0) is 19.4. The molecule has 0 atom stereocenters. The van der Waals surface area contributed by atoms with Crippen LogP contribution in [-0.2, 0) is 10.0 Å². The van der Waals surface area contributed by atoms with E-state index in [2.05, 4.69) is 10.2 Å². The molecule has 1 aromatic carbocycles. The van der Waals surface area contributed by atoms with Crippen LogP contribution in [0, 0.1) is 0 Å². The molecule has 3 rings (SSSR count). The van der Waals surface area contributed by atoms with Crippen molar-refractivity contribution >= 4 is 21.6 Å². The van der Waals surface area contributed by atoms with E-state index in [9.17, 15) is 13.2 Å². The molecule has 1 aliphatic heterocycles. The second-order valence-electron chi connectivity index (χ2n) is 7.42. The minimum absolute atomic E-state index is 0.175. The molecule has 1 heterocycles. The van der Waals surface area contributed by atoms with E-state index in [4.69, 9.17) is 0 Å². The molecule has 0 unspecified atom stereocenters. The number of sulfonamides is 1. The van der Waals surface area contributed by atoms with Gasteiger partial charge in [-0.3, -0.25) is 4.79 Å². The summed E-state index contributed by atoms with van der Waals surface area (Å²) in [6.07, 6.45) is 6.41. The number of hydrogen-bond acceptors (Lipinski definition) is 4. The van der Waals surface area contributed by atoms with Crippen LogP contribution in [-0.4, -0.2) is 50.9 Å². The Labute approximate surface area is 163 Å². The average molecular weight is 394 g/mol. The molecule has 1 amide bonds. The summed E-state index contributed by atoms with van der Waals surface area (Å²) >= 11 is 0. The van der Waals surface area contributed by atoms with Gasteiger partial charge in [-0.25, -0.2) is 8.42 Å². The number of nitrogens with one attached hydrogen (secondary N) is 1. The van der Waals surface area contributed by atoms with E-state index in [-0.39, 0.29) is 16.8 Å². The standard InChI is InChI=1S/C20H31N3O3S/c1-3-23(4-2)27(25,26)19-15-16(20(24)21-17-9-5-6-10-17)11-12-18(19)22-13-7-8-14-22/h11-12,15,17H,3-10,13-14H2,1-2H3,(H,21,24). The number of anilines is 1. The van der Waals surface area contributed by atoms with E-state index in [1.165, 1.54) is 4.31 Å². The predicted molar refractivity (Wildman–Crippen MR) is 108 cm³/mol. The molecule has 0 aromatic heterocycles. The second kappa shape index (κ2) is 8.61. The molecule has 7 heteroatoms. The smallest absolute Gasteiger partial charge is 0.251 e. The third-order valence-corrected chi connectivity index (χ3v) is 7.76. The maximum Gasteiger partial charge on any atom is 0.251 e. The van der Waals surface area contributed by atoms with E-state index in [0.29, 0.717) is 18.7 Å². The molecule has 2 fully saturated rings. The molecule has 2 aliphatic rings. The van der Waals surface area contributed by atoms with Crippen LogP contribution >= 0.6 is 0 Å². The zero-order valence-corrected chi connectivity index (χ0v) is 17.2. The van der Waals surface area contributed by atoms with Crippen LogP contribution in [0.1, 0.15) is 62.7 Å². The van der Waals surface area contributed by atoms with Crippen molar-refractivity contribution in [3.8, 4) is 0 Å². The van der Waals surface area contributed by atoms with Gasteiger partial charge in [0.1, 0.15) is 4.90 Å². The number of benzene rings is 1. The van der Waals surface area contributed by atoms with Crippen LogP contribution in [0.3, 0.4) is 0 Å². The number of carbonyl (C=O) groups excluding carboxylic acids is 1. The summed E-state index contributed by atoms with van der Waals surface area (Å²) in [4.78, 5) is 15.1. The van der Waals surface area contributed by atoms with Gasteiger partial charge in [0.25, 0.3) is 5.91 Å². The summed E-state index contributed by atoms with van der Waals surface area (Å²) in [5.41, 5.74) is 1.15. The Kier molecular flexibility index (Phi) is 6.42. The molecular weight excluding hydrogens is 362 g/mol. The number of rotatable bonds is 7. The third-order valence-electron chi connectivity index (χ3n) is 5.68. The maximum absolute atomic E-state index is 13.3. The monoisotopic (exact) mass is 393 g/mol. The van der Waals surface area contributed by atoms with Gasteiger partial charge < -0.3 is 10.2 Å². The van der Waals surface area contributed by atoms with Crippen LogP contribution in [0.25, 0.3) is 0 Å². The minimum Gasteiger partial charge on any atom is -0.370 e. The molecule has 0 bridgehead atoms. The van der Waals surface area contributed by atoms with Gasteiger partial charge >= 0.3 is 0 Å². The largest absolute Gasteiger partial charge is 0.370 e. The summed E-state index contributed by atoms with van der Waals surface area (Å²) < 4.78 is 28.0. The molecule has 1 aliphatic carbocycles. The lowest BCUT2D eigenvalue weighted by atomic mass is 10.1. The maximum atomic E-state index is 13.3. The summed E-state index contributed by atoms with van der Waals surface area (Å²) in [6.45, 7) is 6.22. The highest BCUT2D eigenvalue weighted by Gasteiger charge is 2.29. The van der Waals surface area contributed by atoms with Crippen LogP contribution < -0.4 is 10.2 Å². The zero-order valence-electron chi connectivity index (χ0n) is 16.4. The summed E-state index contributed by atoms with van der Waals surface area (Å²) in [6, 6.07) is 5.36. The van der Waals surface area contributed by atoms with Crippen molar-refractivity contribution in [2.24, 2.45) is 0 Å². The Hall–Kier alpha value is -1.60. The first kappa shape index (κ1) is 20.1. The van der Waals surface area contributed by atoms with Crippen LogP contribution in [0.5, 0.6) is 0 Å².